The fourth-order valence-electron chi connectivity index (χ4n) is 2.77. The van der Waals surface area contributed by atoms with Crippen LogP contribution in [0.1, 0.15) is 21.5 Å². The normalized spacial score (nSPS) is 11.6. The van der Waals surface area contributed by atoms with Gasteiger partial charge < -0.3 is 14.6 Å². The highest BCUT2D eigenvalue weighted by Crippen LogP contribution is 2.17. The molecule has 0 saturated heterocycles. The highest BCUT2D eigenvalue weighted by atomic mass is 16.5. The molecule has 3 aromatic rings. The predicted molar refractivity (Wildman–Crippen MR) is 100 cm³/mol. The number of Topliss-reactive ketones (excluding diaryl/α,β-unsaturated/α-hetero) is 1. The van der Waals surface area contributed by atoms with E-state index in [-0.39, 0.29) is 12.2 Å². The van der Waals surface area contributed by atoms with Crippen molar-refractivity contribution in [2.75, 3.05) is 0 Å². The smallest absolute Gasteiger partial charge is 0.167 e. The van der Waals surface area contributed by atoms with Gasteiger partial charge in [0.25, 0.3) is 0 Å². The van der Waals surface area contributed by atoms with Gasteiger partial charge in [0.1, 0.15) is 11.9 Å². The Bertz CT molecular complexity index is 887. The average Bonchev–Trinajstić information content (AvgIpc) is 2.69. The molecule has 1 atom stereocenters. The van der Waals surface area contributed by atoms with E-state index in [2.05, 4.69) is 0 Å². The SMILES string of the molecule is O=C(Cc1ccccc1)c1ccc(OC(Cc2ccccc2)C(=O)[O-])cc1. The van der Waals surface area contributed by atoms with Crippen molar-refractivity contribution < 1.29 is 19.4 Å². The number of aliphatic carboxylic acids is 1. The summed E-state index contributed by atoms with van der Waals surface area (Å²) >= 11 is 0. The summed E-state index contributed by atoms with van der Waals surface area (Å²) in [4.78, 5) is 23.7. The minimum absolute atomic E-state index is 0.00603. The number of hydrogen-bond acceptors (Lipinski definition) is 4. The van der Waals surface area contributed by atoms with Gasteiger partial charge >= 0.3 is 0 Å². The molecule has 0 saturated carbocycles. The van der Waals surface area contributed by atoms with E-state index in [1.165, 1.54) is 0 Å². The summed E-state index contributed by atoms with van der Waals surface area (Å²) in [6.45, 7) is 0. The molecule has 0 heterocycles. The van der Waals surface area contributed by atoms with E-state index in [4.69, 9.17) is 4.74 Å². The fraction of sp³-hybridized carbons (Fsp3) is 0.130. The number of rotatable bonds is 8. The van der Waals surface area contributed by atoms with Gasteiger partial charge in [-0.25, -0.2) is 0 Å². The van der Waals surface area contributed by atoms with Crippen molar-refractivity contribution in [1.82, 2.24) is 0 Å². The summed E-state index contributed by atoms with van der Waals surface area (Å²) in [7, 11) is 0. The van der Waals surface area contributed by atoms with Crippen LogP contribution in [-0.2, 0) is 17.6 Å². The second-order valence-electron chi connectivity index (χ2n) is 6.23. The maximum Gasteiger partial charge on any atom is 0.167 e. The van der Waals surface area contributed by atoms with Gasteiger partial charge in [0.15, 0.2) is 5.78 Å². The highest BCUT2D eigenvalue weighted by molar-refractivity contribution is 5.97. The van der Waals surface area contributed by atoms with Crippen molar-refractivity contribution in [3.63, 3.8) is 0 Å². The lowest BCUT2D eigenvalue weighted by molar-refractivity contribution is -0.313. The average molecular weight is 359 g/mol. The summed E-state index contributed by atoms with van der Waals surface area (Å²) < 4.78 is 5.56. The number of ether oxygens (including phenoxy) is 1. The van der Waals surface area contributed by atoms with E-state index in [0.717, 1.165) is 11.1 Å². The second kappa shape index (κ2) is 8.81. The predicted octanol–water partition coefficient (Wildman–Crippen LogP) is 2.85. The Morgan fingerprint density at radius 1 is 0.778 bits per heavy atom. The van der Waals surface area contributed by atoms with Gasteiger partial charge in [0.2, 0.25) is 0 Å². The molecule has 0 fully saturated rings. The molecule has 3 rings (SSSR count). The Morgan fingerprint density at radius 2 is 1.33 bits per heavy atom. The van der Waals surface area contributed by atoms with E-state index >= 15 is 0 Å². The monoisotopic (exact) mass is 359 g/mol. The van der Waals surface area contributed by atoms with Gasteiger partial charge in [-0.3, -0.25) is 4.79 Å². The van der Waals surface area contributed by atoms with Gasteiger partial charge in [0.05, 0.1) is 5.97 Å². The lowest BCUT2D eigenvalue weighted by Crippen LogP contribution is -2.41. The molecule has 0 radical (unpaired) electrons. The molecule has 0 aromatic heterocycles. The molecule has 4 nitrogen and oxygen atoms in total. The van der Waals surface area contributed by atoms with Gasteiger partial charge in [-0.15, -0.1) is 0 Å². The molecule has 0 aliphatic heterocycles. The van der Waals surface area contributed by atoms with Crippen molar-refractivity contribution in [2.24, 2.45) is 0 Å². The first-order valence-corrected chi connectivity index (χ1v) is 8.70. The summed E-state index contributed by atoms with van der Waals surface area (Å²) in [6, 6.07) is 25.3. The number of ketones is 1. The third-order valence-corrected chi connectivity index (χ3v) is 4.19. The molecule has 27 heavy (non-hydrogen) atoms. The quantitative estimate of drug-likeness (QED) is 0.580. The maximum absolute atomic E-state index is 12.4. The topological polar surface area (TPSA) is 66.4 Å². The summed E-state index contributed by atoms with van der Waals surface area (Å²) in [5.74, 6) is -0.895. The van der Waals surface area contributed by atoms with Crippen molar-refractivity contribution >= 4 is 11.8 Å². The molecule has 0 aliphatic rings. The first-order chi connectivity index (χ1) is 13.1. The van der Waals surface area contributed by atoms with Gasteiger partial charge in [0, 0.05) is 18.4 Å². The Balaban J connectivity index is 1.65. The zero-order valence-electron chi connectivity index (χ0n) is 14.7. The van der Waals surface area contributed by atoms with Crippen LogP contribution in [0.25, 0.3) is 0 Å². The number of carbonyl (C=O) groups is 2. The number of carboxylic acid groups (broad SMARTS) is 1. The molecule has 0 N–H and O–H groups in total. The summed E-state index contributed by atoms with van der Waals surface area (Å²) in [5, 5.41) is 11.4. The van der Waals surface area contributed by atoms with Crippen molar-refractivity contribution in [3.05, 3.63) is 102 Å². The van der Waals surface area contributed by atoms with Gasteiger partial charge in [-0.2, -0.15) is 0 Å². The van der Waals surface area contributed by atoms with Crippen LogP contribution < -0.4 is 9.84 Å². The minimum atomic E-state index is -1.27. The van der Waals surface area contributed by atoms with E-state index in [9.17, 15) is 14.7 Å². The van der Waals surface area contributed by atoms with Crippen LogP contribution >= 0.6 is 0 Å². The highest BCUT2D eigenvalue weighted by Gasteiger charge is 2.14. The van der Waals surface area contributed by atoms with Crippen LogP contribution in [0.4, 0.5) is 0 Å². The zero-order chi connectivity index (χ0) is 19.1. The molecule has 0 aliphatic carbocycles. The molecule has 3 aromatic carbocycles. The molecular weight excluding hydrogens is 340 g/mol. The van der Waals surface area contributed by atoms with Crippen LogP contribution in [0.3, 0.4) is 0 Å². The fourth-order valence-corrected chi connectivity index (χ4v) is 2.77. The maximum atomic E-state index is 12.4. The minimum Gasteiger partial charge on any atom is -0.546 e. The van der Waals surface area contributed by atoms with Gasteiger partial charge in [-0.1, -0.05) is 60.7 Å². The van der Waals surface area contributed by atoms with Crippen LogP contribution in [-0.4, -0.2) is 17.9 Å². The molecule has 4 heteroatoms. The molecule has 136 valence electrons. The van der Waals surface area contributed by atoms with Crippen LogP contribution in [0.2, 0.25) is 0 Å². The van der Waals surface area contributed by atoms with Crippen molar-refractivity contribution in [1.29, 1.82) is 0 Å². The Kier molecular flexibility index (Phi) is 6.00. The van der Waals surface area contributed by atoms with Crippen molar-refractivity contribution in [3.8, 4) is 5.75 Å². The van der Waals surface area contributed by atoms with E-state index in [1.807, 2.05) is 60.7 Å². The first kappa shape index (κ1) is 18.4. The Morgan fingerprint density at radius 3 is 1.89 bits per heavy atom. The van der Waals surface area contributed by atoms with Gasteiger partial charge in [-0.05, 0) is 35.4 Å². The van der Waals surface area contributed by atoms with Crippen LogP contribution in [0, 0.1) is 0 Å². The van der Waals surface area contributed by atoms with E-state index in [0.29, 0.717) is 17.7 Å². The van der Waals surface area contributed by atoms with E-state index < -0.39 is 12.1 Å². The van der Waals surface area contributed by atoms with E-state index in [1.54, 1.807) is 24.3 Å². The number of carboxylic acids is 1. The number of hydrogen-bond donors (Lipinski definition) is 0. The number of carbonyl (C=O) groups excluding carboxylic acids is 2. The second-order valence-corrected chi connectivity index (χ2v) is 6.23. The molecule has 0 amide bonds. The third kappa shape index (κ3) is 5.28. The number of benzene rings is 3. The molecule has 0 bridgehead atoms. The third-order valence-electron chi connectivity index (χ3n) is 4.19. The molecule has 0 spiro atoms. The molecule has 1 unspecified atom stereocenters. The first-order valence-electron chi connectivity index (χ1n) is 8.70. The van der Waals surface area contributed by atoms with Crippen molar-refractivity contribution in [2.45, 2.75) is 18.9 Å². The Hall–Kier alpha value is -3.40. The summed E-state index contributed by atoms with van der Waals surface area (Å²) in [5.41, 5.74) is 2.35. The lowest BCUT2D eigenvalue weighted by atomic mass is 10.0. The standard InChI is InChI=1S/C23H20O4/c24-21(15-17-7-3-1-4-8-17)19-11-13-20(14-12-19)27-22(23(25)26)16-18-9-5-2-6-10-18/h1-14,22H,15-16H2,(H,25,26)/p-1. The summed E-state index contributed by atoms with van der Waals surface area (Å²) in [6.07, 6.45) is -0.576. The lowest BCUT2D eigenvalue weighted by Gasteiger charge is -2.20. The largest absolute Gasteiger partial charge is 0.546 e. The van der Waals surface area contributed by atoms with Crippen LogP contribution in [0.5, 0.6) is 5.75 Å². The van der Waals surface area contributed by atoms with Crippen LogP contribution in [0.15, 0.2) is 84.9 Å². The zero-order valence-corrected chi connectivity index (χ0v) is 14.7. The molecular formula is C23H19O4-. The Labute approximate surface area is 158 Å².